The lowest BCUT2D eigenvalue weighted by Gasteiger charge is -2.17. The summed E-state index contributed by atoms with van der Waals surface area (Å²) in [6.07, 6.45) is 0. The van der Waals surface area contributed by atoms with Crippen molar-refractivity contribution in [2.75, 3.05) is 33.4 Å². The number of rotatable bonds is 6. The maximum atomic E-state index is 12.5. The third-order valence-corrected chi connectivity index (χ3v) is 4.73. The van der Waals surface area contributed by atoms with Crippen molar-refractivity contribution < 1.29 is 14.3 Å². The summed E-state index contributed by atoms with van der Waals surface area (Å²) in [5.74, 6) is 1.88. The van der Waals surface area contributed by atoms with Gasteiger partial charge in [-0.3, -0.25) is 4.79 Å². The van der Waals surface area contributed by atoms with Crippen molar-refractivity contribution in [3.05, 3.63) is 60.2 Å². The molecule has 1 fully saturated rings. The minimum Gasteiger partial charge on any atom is -0.497 e. The molecule has 3 rings (SSSR count). The quantitative estimate of drug-likeness (QED) is 0.876. The number of carbonyl (C=O) groups excluding carboxylic acids is 1. The summed E-state index contributed by atoms with van der Waals surface area (Å²) in [5.41, 5.74) is 7.18. The van der Waals surface area contributed by atoms with E-state index in [-0.39, 0.29) is 24.3 Å². The van der Waals surface area contributed by atoms with Crippen LogP contribution in [0, 0.1) is 5.92 Å². The molecule has 2 aromatic rings. The molecule has 2 N–H and O–H groups in total. The van der Waals surface area contributed by atoms with Crippen LogP contribution in [0.15, 0.2) is 54.6 Å². The molecule has 2 aromatic carbocycles. The summed E-state index contributed by atoms with van der Waals surface area (Å²) in [7, 11) is 1.60. The summed E-state index contributed by atoms with van der Waals surface area (Å²) in [6.45, 7) is 1.95. The Bertz CT molecular complexity index is 705. The van der Waals surface area contributed by atoms with Crippen LogP contribution in [-0.2, 0) is 4.79 Å². The van der Waals surface area contributed by atoms with Crippen LogP contribution in [0.4, 0.5) is 0 Å². The second kappa shape index (κ2) is 8.03. The van der Waals surface area contributed by atoms with Crippen molar-refractivity contribution >= 4 is 5.91 Å². The molecule has 5 heteroatoms. The van der Waals surface area contributed by atoms with E-state index in [0.717, 1.165) is 0 Å². The Hall–Kier alpha value is -2.53. The fourth-order valence-electron chi connectivity index (χ4n) is 3.32. The fourth-order valence-corrected chi connectivity index (χ4v) is 3.32. The summed E-state index contributed by atoms with van der Waals surface area (Å²) in [5, 5.41) is 0. The lowest BCUT2D eigenvalue weighted by molar-refractivity contribution is -0.132. The number of carbonyl (C=O) groups is 1. The van der Waals surface area contributed by atoms with Crippen LogP contribution in [0.2, 0.25) is 0 Å². The number of hydrogen-bond acceptors (Lipinski definition) is 4. The number of nitrogens with zero attached hydrogens (tertiary/aromatic N) is 1. The number of nitrogens with two attached hydrogens (primary N) is 1. The van der Waals surface area contributed by atoms with Crippen molar-refractivity contribution in [3.63, 3.8) is 0 Å². The highest BCUT2D eigenvalue weighted by Gasteiger charge is 2.35. The number of benzene rings is 2. The van der Waals surface area contributed by atoms with E-state index in [1.54, 1.807) is 13.2 Å². The monoisotopic (exact) mass is 340 g/mol. The first kappa shape index (κ1) is 17.3. The molecule has 0 unspecified atom stereocenters. The van der Waals surface area contributed by atoms with Gasteiger partial charge in [0.25, 0.3) is 5.91 Å². The van der Waals surface area contributed by atoms with Crippen molar-refractivity contribution in [3.8, 4) is 11.5 Å². The van der Waals surface area contributed by atoms with Gasteiger partial charge >= 0.3 is 0 Å². The lowest BCUT2D eigenvalue weighted by atomic mass is 9.89. The maximum Gasteiger partial charge on any atom is 0.260 e. The van der Waals surface area contributed by atoms with Crippen molar-refractivity contribution in [2.45, 2.75) is 5.92 Å². The van der Waals surface area contributed by atoms with Gasteiger partial charge in [-0.05, 0) is 30.2 Å². The standard InChI is InChI=1S/C20H24N2O3/c1-24-17-8-5-9-18(10-17)25-14-20(23)22-12-16(11-21)19(13-22)15-6-3-2-4-7-15/h2-10,16,19H,11-14,21H2,1H3/t16-,19+/m1/s1. The lowest BCUT2D eigenvalue weighted by Crippen LogP contribution is -2.33. The van der Waals surface area contributed by atoms with Gasteiger partial charge in [-0.15, -0.1) is 0 Å². The minimum atomic E-state index is -0.0142. The molecule has 132 valence electrons. The molecule has 0 bridgehead atoms. The van der Waals surface area contributed by atoms with E-state index >= 15 is 0 Å². The fraction of sp³-hybridized carbons (Fsp3) is 0.350. The highest BCUT2D eigenvalue weighted by molar-refractivity contribution is 5.78. The normalized spacial score (nSPS) is 19.7. The molecule has 0 radical (unpaired) electrons. The van der Waals surface area contributed by atoms with Gasteiger partial charge in [-0.25, -0.2) is 0 Å². The van der Waals surface area contributed by atoms with E-state index in [9.17, 15) is 4.79 Å². The molecule has 1 heterocycles. The first-order valence-corrected chi connectivity index (χ1v) is 8.51. The molecule has 1 saturated heterocycles. The highest BCUT2D eigenvalue weighted by atomic mass is 16.5. The summed E-state index contributed by atoms with van der Waals surface area (Å²) in [6, 6.07) is 17.5. The summed E-state index contributed by atoms with van der Waals surface area (Å²) < 4.78 is 10.8. The average Bonchev–Trinajstić information content (AvgIpc) is 3.11. The van der Waals surface area contributed by atoms with Gasteiger partial charge in [0.1, 0.15) is 11.5 Å². The predicted octanol–water partition coefficient (Wildman–Crippen LogP) is 2.27. The van der Waals surface area contributed by atoms with Crippen LogP contribution in [0.5, 0.6) is 11.5 Å². The SMILES string of the molecule is COc1cccc(OCC(=O)N2C[C@@H](CN)[C@H](c3ccccc3)C2)c1. The third kappa shape index (κ3) is 4.12. The van der Waals surface area contributed by atoms with E-state index < -0.39 is 0 Å². The Morgan fingerprint density at radius 3 is 2.60 bits per heavy atom. The van der Waals surface area contributed by atoms with Crippen LogP contribution < -0.4 is 15.2 Å². The Labute approximate surface area is 148 Å². The van der Waals surface area contributed by atoms with Gasteiger partial charge < -0.3 is 20.1 Å². The van der Waals surface area contributed by atoms with E-state index in [1.807, 2.05) is 41.3 Å². The van der Waals surface area contributed by atoms with Crippen LogP contribution in [-0.4, -0.2) is 44.2 Å². The molecule has 0 aliphatic carbocycles. The Morgan fingerprint density at radius 1 is 1.12 bits per heavy atom. The summed E-state index contributed by atoms with van der Waals surface area (Å²) >= 11 is 0. The second-order valence-corrected chi connectivity index (χ2v) is 6.28. The molecule has 25 heavy (non-hydrogen) atoms. The van der Waals surface area contributed by atoms with Gasteiger partial charge in [0.05, 0.1) is 7.11 Å². The van der Waals surface area contributed by atoms with E-state index in [0.29, 0.717) is 31.1 Å². The molecule has 1 aliphatic heterocycles. The zero-order valence-corrected chi connectivity index (χ0v) is 14.4. The van der Waals surface area contributed by atoms with Gasteiger partial charge in [0, 0.05) is 25.1 Å². The van der Waals surface area contributed by atoms with Crippen LogP contribution in [0.25, 0.3) is 0 Å². The minimum absolute atomic E-state index is 0.0142. The second-order valence-electron chi connectivity index (χ2n) is 6.28. The maximum absolute atomic E-state index is 12.5. The molecule has 2 atom stereocenters. The largest absolute Gasteiger partial charge is 0.497 e. The van der Waals surface area contributed by atoms with Crippen LogP contribution in [0.3, 0.4) is 0 Å². The average molecular weight is 340 g/mol. The number of methoxy groups -OCH3 is 1. The van der Waals surface area contributed by atoms with Crippen molar-refractivity contribution in [1.82, 2.24) is 4.90 Å². The Morgan fingerprint density at radius 2 is 1.88 bits per heavy atom. The topological polar surface area (TPSA) is 64.8 Å². The molecule has 1 amide bonds. The zero-order chi connectivity index (χ0) is 17.6. The zero-order valence-electron chi connectivity index (χ0n) is 14.4. The number of ether oxygens (including phenoxy) is 2. The molecule has 0 aromatic heterocycles. The molecule has 0 saturated carbocycles. The number of hydrogen-bond donors (Lipinski definition) is 1. The first-order chi connectivity index (χ1) is 12.2. The van der Waals surface area contributed by atoms with Gasteiger partial charge in [0.2, 0.25) is 0 Å². The van der Waals surface area contributed by atoms with Crippen LogP contribution in [0.1, 0.15) is 11.5 Å². The van der Waals surface area contributed by atoms with Gasteiger partial charge in [-0.1, -0.05) is 36.4 Å². The smallest absolute Gasteiger partial charge is 0.260 e. The summed E-state index contributed by atoms with van der Waals surface area (Å²) in [4.78, 5) is 14.4. The van der Waals surface area contributed by atoms with E-state index in [4.69, 9.17) is 15.2 Å². The Kier molecular flexibility index (Phi) is 5.56. The van der Waals surface area contributed by atoms with E-state index in [2.05, 4.69) is 12.1 Å². The Balaban J connectivity index is 1.61. The van der Waals surface area contributed by atoms with Gasteiger partial charge in [-0.2, -0.15) is 0 Å². The molecular formula is C20H24N2O3. The van der Waals surface area contributed by atoms with Crippen LogP contribution >= 0.6 is 0 Å². The molecule has 0 spiro atoms. The van der Waals surface area contributed by atoms with E-state index in [1.165, 1.54) is 5.56 Å². The molecule has 1 aliphatic rings. The number of amides is 1. The molecule has 5 nitrogen and oxygen atoms in total. The van der Waals surface area contributed by atoms with Gasteiger partial charge in [0.15, 0.2) is 6.61 Å². The first-order valence-electron chi connectivity index (χ1n) is 8.51. The van der Waals surface area contributed by atoms with Crippen molar-refractivity contribution in [1.29, 1.82) is 0 Å². The third-order valence-electron chi connectivity index (χ3n) is 4.73. The number of likely N-dealkylation sites (tertiary alicyclic amines) is 1. The highest BCUT2D eigenvalue weighted by Crippen LogP contribution is 2.32. The van der Waals surface area contributed by atoms with Crippen molar-refractivity contribution in [2.24, 2.45) is 11.7 Å². The predicted molar refractivity (Wildman–Crippen MR) is 96.8 cm³/mol. The molecular weight excluding hydrogens is 316 g/mol.